The summed E-state index contributed by atoms with van der Waals surface area (Å²) in [5.41, 5.74) is 4.63. The average molecular weight is 333 g/mol. The summed E-state index contributed by atoms with van der Waals surface area (Å²) < 4.78 is 0. The number of anilines is 1. The molecule has 1 saturated carbocycles. The zero-order valence-corrected chi connectivity index (χ0v) is 13.7. The minimum Gasteiger partial charge on any atom is -0.480 e. The Kier molecular flexibility index (Phi) is 5.43. The van der Waals surface area contributed by atoms with Gasteiger partial charge in [-0.25, -0.2) is 9.59 Å². The number of rotatable bonds is 5. The number of carbonyl (C=O) groups excluding carboxylic acids is 2. The van der Waals surface area contributed by atoms with E-state index in [4.69, 9.17) is 5.73 Å². The standard InChI is InChI=1S/C17H23N3O4/c1-2-11-7-9-17(10-8-11,15(22)23)20-14(21)12-3-5-13(6-4-12)19-16(18)24/h3-6,11H,2,7-10H2,1H3,(H,20,21)(H,22,23)(H3,18,19,24). The number of carbonyl (C=O) groups is 3. The first kappa shape index (κ1) is 17.8. The van der Waals surface area contributed by atoms with Crippen molar-refractivity contribution in [2.45, 2.75) is 44.6 Å². The van der Waals surface area contributed by atoms with Crippen molar-refractivity contribution < 1.29 is 19.5 Å². The molecule has 0 aromatic heterocycles. The van der Waals surface area contributed by atoms with Crippen LogP contribution in [0.5, 0.6) is 0 Å². The first-order valence-corrected chi connectivity index (χ1v) is 8.08. The van der Waals surface area contributed by atoms with Gasteiger partial charge >= 0.3 is 12.0 Å². The molecule has 0 saturated heterocycles. The molecule has 5 N–H and O–H groups in total. The van der Waals surface area contributed by atoms with E-state index in [9.17, 15) is 19.5 Å². The Morgan fingerprint density at radius 2 is 1.79 bits per heavy atom. The number of nitrogens with two attached hydrogens (primary N) is 1. The molecule has 0 atom stereocenters. The molecule has 1 aromatic carbocycles. The molecule has 2 rings (SSSR count). The average Bonchev–Trinajstić information content (AvgIpc) is 2.55. The van der Waals surface area contributed by atoms with Gasteiger partial charge in [-0.1, -0.05) is 13.3 Å². The van der Waals surface area contributed by atoms with Crippen molar-refractivity contribution in [1.29, 1.82) is 0 Å². The third-order valence-electron chi connectivity index (χ3n) is 4.71. The molecule has 0 spiro atoms. The normalized spacial score (nSPS) is 23.3. The summed E-state index contributed by atoms with van der Waals surface area (Å²) in [5.74, 6) is -0.899. The molecule has 130 valence electrons. The predicted molar refractivity (Wildman–Crippen MR) is 89.7 cm³/mol. The summed E-state index contributed by atoms with van der Waals surface area (Å²) in [6.07, 6.45) is 3.49. The van der Waals surface area contributed by atoms with Gasteiger partial charge in [0.05, 0.1) is 0 Å². The first-order chi connectivity index (χ1) is 11.4. The maximum Gasteiger partial charge on any atom is 0.329 e. The summed E-state index contributed by atoms with van der Waals surface area (Å²) >= 11 is 0. The number of hydrogen-bond acceptors (Lipinski definition) is 3. The van der Waals surface area contributed by atoms with Gasteiger partial charge in [0.25, 0.3) is 5.91 Å². The molecule has 1 fully saturated rings. The molecule has 0 heterocycles. The van der Waals surface area contributed by atoms with E-state index in [1.54, 1.807) is 12.1 Å². The van der Waals surface area contributed by atoms with E-state index in [2.05, 4.69) is 17.6 Å². The molecule has 0 radical (unpaired) electrons. The van der Waals surface area contributed by atoms with Crippen molar-refractivity contribution in [2.24, 2.45) is 11.7 Å². The van der Waals surface area contributed by atoms with Crippen LogP contribution in [0.4, 0.5) is 10.5 Å². The van der Waals surface area contributed by atoms with Crippen molar-refractivity contribution >= 4 is 23.6 Å². The number of aliphatic carboxylic acids is 1. The fourth-order valence-corrected chi connectivity index (χ4v) is 3.11. The Hall–Kier alpha value is -2.57. The van der Waals surface area contributed by atoms with Gasteiger partial charge in [0.1, 0.15) is 5.54 Å². The maximum absolute atomic E-state index is 12.4. The van der Waals surface area contributed by atoms with Crippen LogP contribution in [-0.4, -0.2) is 28.6 Å². The lowest BCUT2D eigenvalue weighted by atomic mass is 9.75. The lowest BCUT2D eigenvalue weighted by Crippen LogP contribution is -2.56. The number of hydrogen-bond donors (Lipinski definition) is 4. The third kappa shape index (κ3) is 4.04. The Balaban J connectivity index is 2.08. The monoisotopic (exact) mass is 333 g/mol. The van der Waals surface area contributed by atoms with Crippen LogP contribution in [0.25, 0.3) is 0 Å². The number of benzene rings is 1. The largest absolute Gasteiger partial charge is 0.480 e. The molecule has 0 bridgehead atoms. The van der Waals surface area contributed by atoms with E-state index in [1.807, 2.05) is 0 Å². The molecule has 7 heteroatoms. The van der Waals surface area contributed by atoms with Crippen LogP contribution in [0.3, 0.4) is 0 Å². The van der Waals surface area contributed by atoms with Crippen LogP contribution < -0.4 is 16.4 Å². The molecule has 7 nitrogen and oxygen atoms in total. The van der Waals surface area contributed by atoms with Crippen molar-refractivity contribution in [3.05, 3.63) is 29.8 Å². The minimum atomic E-state index is -1.20. The molecule has 1 aromatic rings. The van der Waals surface area contributed by atoms with Crippen molar-refractivity contribution in [2.75, 3.05) is 5.32 Å². The van der Waals surface area contributed by atoms with Crippen LogP contribution >= 0.6 is 0 Å². The Labute approximate surface area is 140 Å². The molecule has 1 aliphatic rings. The highest BCUT2D eigenvalue weighted by Crippen LogP contribution is 2.34. The van der Waals surface area contributed by atoms with Crippen LogP contribution in [0.2, 0.25) is 0 Å². The van der Waals surface area contributed by atoms with Gasteiger partial charge in [0.15, 0.2) is 0 Å². The summed E-state index contributed by atoms with van der Waals surface area (Å²) in [4.78, 5) is 34.9. The van der Waals surface area contributed by atoms with E-state index in [-0.39, 0.29) is 0 Å². The zero-order valence-electron chi connectivity index (χ0n) is 13.7. The van der Waals surface area contributed by atoms with E-state index in [1.165, 1.54) is 12.1 Å². The van der Waals surface area contributed by atoms with Gasteiger partial charge in [0.2, 0.25) is 0 Å². The Morgan fingerprint density at radius 3 is 2.25 bits per heavy atom. The van der Waals surface area contributed by atoms with Gasteiger partial charge in [-0.2, -0.15) is 0 Å². The number of carboxylic acid groups (broad SMARTS) is 1. The number of nitrogens with one attached hydrogen (secondary N) is 2. The number of amides is 3. The van der Waals surface area contributed by atoms with Gasteiger partial charge in [-0.15, -0.1) is 0 Å². The van der Waals surface area contributed by atoms with Crippen molar-refractivity contribution in [1.82, 2.24) is 5.32 Å². The molecule has 3 amide bonds. The van der Waals surface area contributed by atoms with E-state index >= 15 is 0 Å². The zero-order chi connectivity index (χ0) is 17.7. The highest BCUT2D eigenvalue weighted by molar-refractivity contribution is 5.98. The fraction of sp³-hybridized carbons (Fsp3) is 0.471. The summed E-state index contributed by atoms with van der Waals surface area (Å²) in [6.45, 7) is 2.10. The maximum atomic E-state index is 12.4. The summed E-state index contributed by atoms with van der Waals surface area (Å²) in [6, 6.07) is 5.44. The topological polar surface area (TPSA) is 122 Å². The van der Waals surface area contributed by atoms with E-state index in [0.29, 0.717) is 30.0 Å². The van der Waals surface area contributed by atoms with Crippen LogP contribution in [-0.2, 0) is 4.79 Å². The third-order valence-corrected chi connectivity index (χ3v) is 4.71. The first-order valence-electron chi connectivity index (χ1n) is 8.08. The summed E-state index contributed by atoms with van der Waals surface area (Å²) in [7, 11) is 0. The Morgan fingerprint density at radius 1 is 1.21 bits per heavy atom. The number of carboxylic acids is 1. The summed E-state index contributed by atoms with van der Waals surface area (Å²) in [5, 5.41) is 14.7. The quantitative estimate of drug-likeness (QED) is 0.660. The van der Waals surface area contributed by atoms with Gasteiger partial charge < -0.3 is 21.5 Å². The molecular weight excluding hydrogens is 310 g/mol. The molecule has 0 unspecified atom stereocenters. The van der Waals surface area contributed by atoms with Crippen molar-refractivity contribution in [3.8, 4) is 0 Å². The van der Waals surface area contributed by atoms with Crippen LogP contribution in [0.1, 0.15) is 49.4 Å². The second-order valence-corrected chi connectivity index (χ2v) is 6.26. The van der Waals surface area contributed by atoms with Gasteiger partial charge in [0, 0.05) is 11.3 Å². The number of urea groups is 1. The van der Waals surface area contributed by atoms with E-state index in [0.717, 1.165) is 19.3 Å². The Bertz CT molecular complexity index is 619. The number of primary amides is 1. The van der Waals surface area contributed by atoms with Crippen molar-refractivity contribution in [3.63, 3.8) is 0 Å². The molecule has 0 aliphatic heterocycles. The second kappa shape index (κ2) is 7.33. The SMILES string of the molecule is CCC1CCC(NC(=O)c2ccc(NC(N)=O)cc2)(C(=O)O)CC1. The van der Waals surface area contributed by atoms with Gasteiger partial charge in [-0.3, -0.25) is 4.79 Å². The lowest BCUT2D eigenvalue weighted by molar-refractivity contribution is -0.146. The molecular formula is C17H23N3O4. The predicted octanol–water partition coefficient (Wildman–Crippen LogP) is 2.33. The van der Waals surface area contributed by atoms with E-state index < -0.39 is 23.4 Å². The van der Waals surface area contributed by atoms with Crippen LogP contribution in [0.15, 0.2) is 24.3 Å². The smallest absolute Gasteiger partial charge is 0.329 e. The minimum absolute atomic E-state index is 0.336. The van der Waals surface area contributed by atoms with Crippen LogP contribution in [0, 0.1) is 5.92 Å². The lowest BCUT2D eigenvalue weighted by Gasteiger charge is -2.37. The van der Waals surface area contributed by atoms with Gasteiger partial charge in [-0.05, 0) is 55.9 Å². The fourth-order valence-electron chi connectivity index (χ4n) is 3.11. The highest BCUT2D eigenvalue weighted by atomic mass is 16.4. The molecule has 24 heavy (non-hydrogen) atoms. The molecule has 1 aliphatic carbocycles. The highest BCUT2D eigenvalue weighted by Gasteiger charge is 2.43. The second-order valence-electron chi connectivity index (χ2n) is 6.26.